The number of rotatable bonds is 2. The highest BCUT2D eigenvalue weighted by Crippen LogP contribution is 2.24. The number of halogens is 2. The van der Waals surface area contributed by atoms with Crippen LogP contribution in [0.4, 0.5) is 16.0 Å². The molecule has 0 spiro atoms. The maximum atomic E-state index is 13.2. The van der Waals surface area contributed by atoms with Gasteiger partial charge in [0.15, 0.2) is 17.4 Å². The number of aromatic nitrogens is 3. The van der Waals surface area contributed by atoms with Crippen molar-refractivity contribution in [3.63, 3.8) is 0 Å². The molecule has 3 aromatic rings. The second kappa shape index (κ2) is 5.24. The van der Waals surface area contributed by atoms with Crippen LogP contribution < -0.4 is 10.8 Å². The lowest BCUT2D eigenvalue weighted by molar-refractivity contribution is 0.312. The average Bonchev–Trinajstić information content (AvgIpc) is 2.88. The molecule has 0 saturated carbocycles. The fourth-order valence-electron chi connectivity index (χ4n) is 1.99. The Morgan fingerprint density at radius 1 is 1.41 bits per heavy atom. The monoisotopic (exact) mass is 320 g/mol. The summed E-state index contributed by atoms with van der Waals surface area (Å²) >= 11 is 5.68. The van der Waals surface area contributed by atoms with Crippen molar-refractivity contribution >= 4 is 40.2 Å². The predicted molar refractivity (Wildman–Crippen MR) is 80.8 cm³/mol. The maximum absolute atomic E-state index is 13.2. The molecule has 0 fully saturated rings. The van der Waals surface area contributed by atoms with E-state index < -0.39 is 5.82 Å². The third-order valence-corrected chi connectivity index (χ3v) is 3.31. The highest BCUT2D eigenvalue weighted by molar-refractivity contribution is 6.31. The van der Waals surface area contributed by atoms with E-state index in [9.17, 15) is 9.60 Å². The number of hydroxylamine groups is 1. The molecule has 0 amide bonds. The number of imidazole rings is 1. The summed E-state index contributed by atoms with van der Waals surface area (Å²) < 4.78 is 13.2. The number of hydrogen-bond acceptors (Lipinski definition) is 5. The number of pyridine rings is 1. The third kappa shape index (κ3) is 2.34. The first-order valence-corrected chi connectivity index (χ1v) is 6.48. The number of nitrogens with two attached hydrogens (primary N) is 1. The Morgan fingerprint density at radius 2 is 2.18 bits per heavy atom. The summed E-state index contributed by atoms with van der Waals surface area (Å²) in [4.78, 5) is 10.7. The van der Waals surface area contributed by atoms with E-state index in [1.165, 1.54) is 24.4 Å². The number of H-pyrrole nitrogens is 1. The predicted octanol–water partition coefficient (Wildman–Crippen LogP) is 2.55. The summed E-state index contributed by atoms with van der Waals surface area (Å²) in [6.07, 6.45) is 1.44. The fraction of sp³-hybridized carbons (Fsp3) is 0. The largest absolute Gasteiger partial charge is 0.369 e. The molecule has 0 bridgehead atoms. The number of hydrogen-bond donors (Lipinski definition) is 4. The number of fused-ring (bicyclic) bond motifs is 1. The fourth-order valence-corrected chi connectivity index (χ4v) is 2.16. The minimum atomic E-state index is -0.613. The molecule has 0 radical (unpaired) electrons. The lowest BCUT2D eigenvalue weighted by Crippen LogP contribution is -2.27. The maximum Gasteiger partial charge on any atom is 0.200 e. The van der Waals surface area contributed by atoms with Crippen molar-refractivity contribution < 1.29 is 9.60 Å². The van der Waals surface area contributed by atoms with Gasteiger partial charge in [-0.2, -0.15) is 4.98 Å². The Kier molecular flexibility index (Phi) is 3.39. The normalized spacial score (nSPS) is 10.9. The van der Waals surface area contributed by atoms with Crippen LogP contribution in [0, 0.1) is 11.2 Å². The van der Waals surface area contributed by atoms with Crippen LogP contribution in [0.3, 0.4) is 0 Å². The number of nitrogen functional groups attached to an aromatic ring is 1. The van der Waals surface area contributed by atoms with Crippen LogP contribution in [-0.4, -0.2) is 26.0 Å². The molecular formula is C13H10ClFN6O. The van der Waals surface area contributed by atoms with Crippen LogP contribution in [-0.2, 0) is 0 Å². The molecule has 1 aromatic carbocycles. The summed E-state index contributed by atoms with van der Waals surface area (Å²) in [6.45, 7) is 0. The van der Waals surface area contributed by atoms with Crippen LogP contribution in [0.15, 0.2) is 30.5 Å². The Balaban J connectivity index is 2.03. The first-order chi connectivity index (χ1) is 10.5. The van der Waals surface area contributed by atoms with Crippen LogP contribution in [0.2, 0.25) is 5.02 Å². The van der Waals surface area contributed by atoms with Crippen LogP contribution in [0.5, 0.6) is 0 Å². The number of aromatic amines is 1. The van der Waals surface area contributed by atoms with Gasteiger partial charge in [0.2, 0.25) is 0 Å². The van der Waals surface area contributed by atoms with Gasteiger partial charge in [0.1, 0.15) is 5.82 Å². The quantitative estimate of drug-likeness (QED) is 0.329. The summed E-state index contributed by atoms with van der Waals surface area (Å²) in [5.41, 5.74) is 6.79. The highest BCUT2D eigenvalue weighted by Gasteiger charge is 2.17. The van der Waals surface area contributed by atoms with Crippen molar-refractivity contribution in [3.05, 3.63) is 46.9 Å². The van der Waals surface area contributed by atoms with E-state index in [1.54, 1.807) is 0 Å². The molecule has 22 heavy (non-hydrogen) atoms. The number of amidine groups is 1. The second-order valence-corrected chi connectivity index (χ2v) is 4.85. The zero-order chi connectivity index (χ0) is 15.9. The zero-order valence-electron chi connectivity index (χ0n) is 11.0. The van der Waals surface area contributed by atoms with Gasteiger partial charge in [-0.15, -0.1) is 0 Å². The highest BCUT2D eigenvalue weighted by atomic mass is 35.5. The van der Waals surface area contributed by atoms with Crippen molar-refractivity contribution in [1.82, 2.24) is 15.0 Å². The third-order valence-electron chi connectivity index (χ3n) is 3.03. The molecule has 0 saturated heterocycles. The van der Waals surface area contributed by atoms with Crippen molar-refractivity contribution in [2.45, 2.75) is 0 Å². The Hall–Kier alpha value is -2.71. The van der Waals surface area contributed by atoms with Crippen LogP contribution in [0.1, 0.15) is 5.56 Å². The van der Waals surface area contributed by atoms with Gasteiger partial charge in [0, 0.05) is 11.8 Å². The molecule has 0 atom stereocenters. The van der Waals surface area contributed by atoms with Gasteiger partial charge in [-0.05, 0) is 24.3 Å². The minimum Gasteiger partial charge on any atom is -0.369 e. The molecule has 7 nitrogen and oxygen atoms in total. The van der Waals surface area contributed by atoms with Gasteiger partial charge in [0.05, 0.1) is 16.2 Å². The topological polar surface area (TPSA) is 115 Å². The summed E-state index contributed by atoms with van der Waals surface area (Å²) in [7, 11) is 0. The SMILES string of the molecule is N=C(c1ccnc2nc(N)[nH]c12)N(O)c1ccc(F)c(Cl)c1. The lowest BCUT2D eigenvalue weighted by Gasteiger charge is -2.18. The van der Waals surface area contributed by atoms with E-state index in [-0.39, 0.29) is 22.5 Å². The van der Waals surface area contributed by atoms with Gasteiger partial charge in [-0.3, -0.25) is 10.6 Å². The Morgan fingerprint density at radius 3 is 2.91 bits per heavy atom. The molecule has 2 aromatic heterocycles. The minimum absolute atomic E-state index is 0.147. The molecule has 9 heteroatoms. The Labute approximate surface area is 128 Å². The second-order valence-electron chi connectivity index (χ2n) is 4.44. The van der Waals surface area contributed by atoms with E-state index >= 15 is 0 Å². The average molecular weight is 321 g/mol. The van der Waals surface area contributed by atoms with Gasteiger partial charge in [-0.1, -0.05) is 11.6 Å². The molecule has 0 aliphatic rings. The molecule has 0 unspecified atom stereocenters. The van der Waals surface area contributed by atoms with Gasteiger partial charge < -0.3 is 10.7 Å². The van der Waals surface area contributed by atoms with Crippen LogP contribution in [0.25, 0.3) is 11.2 Å². The number of anilines is 2. The number of benzene rings is 1. The molecule has 0 aliphatic carbocycles. The standard InChI is InChI=1S/C13H10ClFN6O/c14-8-5-6(1-2-9(8)15)21(22)11(16)7-3-4-18-12-10(7)19-13(17)20-12/h1-5,16,22H,(H3,17,18,19,20). The van der Waals surface area contributed by atoms with Crippen molar-refractivity contribution in [1.29, 1.82) is 5.41 Å². The van der Waals surface area contributed by atoms with E-state index in [0.717, 1.165) is 6.07 Å². The molecule has 5 N–H and O–H groups in total. The van der Waals surface area contributed by atoms with Gasteiger partial charge >= 0.3 is 0 Å². The zero-order valence-corrected chi connectivity index (χ0v) is 11.8. The number of nitrogens with one attached hydrogen (secondary N) is 2. The smallest absolute Gasteiger partial charge is 0.200 e. The van der Waals surface area contributed by atoms with E-state index in [2.05, 4.69) is 15.0 Å². The molecule has 112 valence electrons. The van der Waals surface area contributed by atoms with Crippen molar-refractivity contribution in [3.8, 4) is 0 Å². The molecule has 0 aliphatic heterocycles. The van der Waals surface area contributed by atoms with Gasteiger partial charge in [0.25, 0.3) is 0 Å². The van der Waals surface area contributed by atoms with E-state index in [4.69, 9.17) is 22.7 Å². The summed E-state index contributed by atoms with van der Waals surface area (Å²) in [5.74, 6) is -0.728. The van der Waals surface area contributed by atoms with Gasteiger partial charge in [-0.25, -0.2) is 14.4 Å². The number of nitrogens with zero attached hydrogens (tertiary/aromatic N) is 3. The van der Waals surface area contributed by atoms with Crippen molar-refractivity contribution in [2.75, 3.05) is 10.8 Å². The lowest BCUT2D eigenvalue weighted by atomic mass is 10.2. The first-order valence-electron chi connectivity index (χ1n) is 6.10. The molecular weight excluding hydrogens is 311 g/mol. The summed E-state index contributed by atoms with van der Waals surface area (Å²) in [6, 6.07) is 5.14. The van der Waals surface area contributed by atoms with E-state index in [1.807, 2.05) is 0 Å². The van der Waals surface area contributed by atoms with Crippen molar-refractivity contribution in [2.24, 2.45) is 0 Å². The molecule has 2 heterocycles. The van der Waals surface area contributed by atoms with E-state index in [0.29, 0.717) is 21.8 Å². The molecule has 3 rings (SSSR count). The first kappa shape index (κ1) is 14.2. The summed E-state index contributed by atoms with van der Waals surface area (Å²) in [5, 5.41) is 18.7. The van der Waals surface area contributed by atoms with Crippen LogP contribution >= 0.6 is 11.6 Å². The Bertz CT molecular complexity index is 880.